The average molecular weight is 611 g/mol. The van der Waals surface area contributed by atoms with E-state index in [0.717, 1.165) is 44.5 Å². The van der Waals surface area contributed by atoms with Gasteiger partial charge in [0.05, 0.1) is 22.8 Å². The maximum absolute atomic E-state index is 13.3. The molecule has 0 spiro atoms. The van der Waals surface area contributed by atoms with Gasteiger partial charge in [-0.15, -0.1) is 0 Å². The summed E-state index contributed by atoms with van der Waals surface area (Å²) in [5.74, 6) is 6.33. The van der Waals surface area contributed by atoms with E-state index in [1.807, 2.05) is 12.1 Å². The number of aliphatic hydroxyl groups excluding tert-OH is 1. The summed E-state index contributed by atoms with van der Waals surface area (Å²) in [5.41, 5.74) is 2.85. The van der Waals surface area contributed by atoms with E-state index in [2.05, 4.69) is 31.4 Å². The molecule has 1 fully saturated rings. The van der Waals surface area contributed by atoms with E-state index in [1.165, 1.54) is 12.5 Å². The van der Waals surface area contributed by atoms with Crippen LogP contribution in [0, 0.1) is 18.8 Å². The molecule has 1 aliphatic rings. The van der Waals surface area contributed by atoms with E-state index < -0.39 is 16.6 Å². The van der Waals surface area contributed by atoms with E-state index in [9.17, 15) is 19.8 Å². The first-order chi connectivity index (χ1) is 21.4. The van der Waals surface area contributed by atoms with Crippen molar-refractivity contribution in [2.75, 3.05) is 30.7 Å². The largest absolute Gasteiger partial charge is 0.507 e. The summed E-state index contributed by atoms with van der Waals surface area (Å²) >= 11 is 0. The van der Waals surface area contributed by atoms with Gasteiger partial charge in [-0.1, -0.05) is 40.7 Å². The molecule has 9 nitrogen and oxygen atoms in total. The number of carbonyl (C=O) groups excluding carboxylic acids is 2. The van der Waals surface area contributed by atoms with Crippen LogP contribution in [0.2, 0.25) is 0 Å². The molecule has 0 aliphatic carbocycles. The molecule has 5 rings (SSSR count). The van der Waals surface area contributed by atoms with Crippen molar-refractivity contribution in [3.05, 3.63) is 107 Å². The molecule has 0 radical (unpaired) electrons. The summed E-state index contributed by atoms with van der Waals surface area (Å²) in [4.78, 5) is 33.0. The molecule has 0 saturated carbocycles. The number of amides is 2. The van der Waals surface area contributed by atoms with Crippen LogP contribution in [0.5, 0.6) is 5.75 Å². The van der Waals surface area contributed by atoms with Crippen LogP contribution in [-0.2, 0) is 10.7 Å². The lowest BCUT2D eigenvalue weighted by atomic mass is 10.1. The maximum Gasteiger partial charge on any atom is 0.291 e. The lowest BCUT2D eigenvalue weighted by molar-refractivity contribution is 0.0828. The minimum atomic E-state index is -0.857. The highest BCUT2D eigenvalue weighted by Gasteiger charge is 2.18. The number of nitrogens with zero attached hydrogens (tertiary/aromatic N) is 3. The average Bonchev–Trinajstić information content (AvgIpc) is 3.47. The number of likely N-dealkylation sites (tertiary alicyclic amines) is 1. The molecule has 4 aromatic rings. The Bertz CT molecular complexity index is 1730. The Morgan fingerprint density at radius 3 is 2.64 bits per heavy atom. The molecule has 44 heavy (non-hydrogen) atoms. The highest BCUT2D eigenvalue weighted by atomic mass is 32.2. The van der Waals surface area contributed by atoms with E-state index in [-0.39, 0.29) is 23.5 Å². The van der Waals surface area contributed by atoms with Crippen molar-refractivity contribution in [1.82, 2.24) is 9.88 Å². The van der Waals surface area contributed by atoms with Crippen molar-refractivity contribution in [1.29, 1.82) is 0 Å². The summed E-state index contributed by atoms with van der Waals surface area (Å²) in [5, 5.41) is 23.1. The van der Waals surface area contributed by atoms with Gasteiger partial charge in [0.1, 0.15) is 5.75 Å². The van der Waals surface area contributed by atoms with Crippen LogP contribution in [0.4, 0.5) is 5.69 Å². The number of piperidine rings is 1. The Morgan fingerprint density at radius 1 is 1.07 bits per heavy atom. The summed E-state index contributed by atoms with van der Waals surface area (Å²) in [6.07, 6.45) is 6.64. The third kappa shape index (κ3) is 8.29. The number of anilines is 1. The maximum atomic E-state index is 13.3. The number of carbonyl (C=O) groups is 2. The predicted octanol–water partition coefficient (Wildman–Crippen LogP) is 5.19. The topological polar surface area (TPSA) is 128 Å². The minimum absolute atomic E-state index is 0.115. The molecule has 2 amide bonds. The Morgan fingerprint density at radius 2 is 1.86 bits per heavy atom. The Labute approximate surface area is 259 Å². The van der Waals surface area contributed by atoms with Gasteiger partial charge < -0.3 is 24.8 Å². The third-order valence-corrected chi connectivity index (χ3v) is 9.12. The number of pyridine rings is 1. The van der Waals surface area contributed by atoms with Crippen LogP contribution in [0.15, 0.2) is 93.0 Å². The quantitative estimate of drug-likeness (QED) is 0.234. The standard InChI is InChI=1S/C34H34N4O5S/c1-24-14-18-43-32(24)34(42)36-28-7-4-6-25(21-28)10-11-26-20-27(23-35-22-26)33(41)37-44(31-9-3-2-8-30(31)40)19-5-15-38-16-12-29(39)13-17-38/h2-4,6-9,14,18,20-23,29,39-40H,5,12-13,15-17,19H2,1H3,(H,36,42). The highest BCUT2D eigenvalue weighted by molar-refractivity contribution is 7.87. The molecule has 10 heteroatoms. The Hall–Kier alpha value is -4.56. The fourth-order valence-corrected chi connectivity index (χ4v) is 6.48. The van der Waals surface area contributed by atoms with Gasteiger partial charge in [-0.05, 0) is 75.2 Å². The lowest BCUT2D eigenvalue weighted by Gasteiger charge is -2.29. The molecule has 0 bridgehead atoms. The van der Waals surface area contributed by atoms with Crippen molar-refractivity contribution in [2.24, 2.45) is 4.36 Å². The van der Waals surface area contributed by atoms with Crippen LogP contribution in [0.3, 0.4) is 0 Å². The number of para-hydroxylation sites is 1. The number of hydrogen-bond acceptors (Lipinski definition) is 7. The van der Waals surface area contributed by atoms with Gasteiger partial charge in [0, 0.05) is 53.6 Å². The molecule has 1 unspecified atom stereocenters. The van der Waals surface area contributed by atoms with Crippen LogP contribution in [0.25, 0.3) is 0 Å². The first kappa shape index (κ1) is 30.9. The van der Waals surface area contributed by atoms with E-state index in [0.29, 0.717) is 33.0 Å². The monoisotopic (exact) mass is 610 g/mol. The second-order valence-electron chi connectivity index (χ2n) is 10.5. The molecule has 3 N–H and O–H groups in total. The zero-order valence-electron chi connectivity index (χ0n) is 24.4. The van der Waals surface area contributed by atoms with Crippen LogP contribution in [0.1, 0.15) is 56.9 Å². The SMILES string of the molecule is Cc1ccoc1C(=O)Nc1cccc(C#Cc2cncc(C(=O)N=S(CCCN3CCC(O)CC3)c3ccccc3O)c2)c1. The first-order valence-electron chi connectivity index (χ1n) is 14.4. The number of phenolic OH excluding ortho intramolecular Hbond substituents is 1. The molecular formula is C34H34N4O5S. The Balaban J connectivity index is 1.29. The van der Waals surface area contributed by atoms with Gasteiger partial charge in [-0.2, -0.15) is 4.36 Å². The van der Waals surface area contributed by atoms with Gasteiger partial charge >= 0.3 is 0 Å². The van der Waals surface area contributed by atoms with Gasteiger partial charge in [-0.25, -0.2) is 0 Å². The molecule has 1 saturated heterocycles. The number of aromatic nitrogens is 1. The zero-order valence-corrected chi connectivity index (χ0v) is 25.2. The van der Waals surface area contributed by atoms with Crippen molar-refractivity contribution in [3.8, 4) is 17.6 Å². The van der Waals surface area contributed by atoms with Crippen LogP contribution < -0.4 is 5.32 Å². The van der Waals surface area contributed by atoms with Gasteiger partial charge in [-0.3, -0.25) is 14.6 Å². The zero-order chi connectivity index (χ0) is 30.9. The number of rotatable bonds is 8. The number of benzene rings is 2. The number of aryl methyl sites for hydroxylation is 1. The predicted molar refractivity (Wildman–Crippen MR) is 170 cm³/mol. The third-order valence-electron chi connectivity index (χ3n) is 7.21. The number of aliphatic hydroxyl groups is 1. The highest BCUT2D eigenvalue weighted by Crippen LogP contribution is 2.23. The number of furan rings is 1. The Kier molecular flexibility index (Phi) is 10.4. The summed E-state index contributed by atoms with van der Waals surface area (Å²) in [6.45, 7) is 4.35. The molecule has 1 atom stereocenters. The lowest BCUT2D eigenvalue weighted by Crippen LogP contribution is -2.36. The van der Waals surface area contributed by atoms with Crippen molar-refractivity contribution in [2.45, 2.75) is 37.2 Å². The fraction of sp³-hybridized carbons (Fsp3) is 0.265. The van der Waals surface area contributed by atoms with Gasteiger partial charge in [0.15, 0.2) is 5.76 Å². The number of phenols is 1. The molecule has 1 aliphatic heterocycles. The molecule has 2 aromatic carbocycles. The van der Waals surface area contributed by atoms with Crippen molar-refractivity contribution >= 4 is 28.2 Å². The first-order valence-corrected chi connectivity index (χ1v) is 15.8. The smallest absolute Gasteiger partial charge is 0.291 e. The second-order valence-corrected chi connectivity index (χ2v) is 12.3. The molecule has 3 heterocycles. The normalized spacial score (nSPS) is 14.5. The van der Waals surface area contributed by atoms with Gasteiger partial charge in [0.25, 0.3) is 11.8 Å². The summed E-state index contributed by atoms with van der Waals surface area (Å²) < 4.78 is 9.80. The second kappa shape index (κ2) is 14.8. The van der Waals surface area contributed by atoms with Crippen LogP contribution >= 0.6 is 0 Å². The fourth-order valence-electron chi connectivity index (χ4n) is 4.82. The van der Waals surface area contributed by atoms with Crippen molar-refractivity contribution < 1.29 is 24.2 Å². The number of nitrogens with one attached hydrogen (secondary N) is 1. The van der Waals surface area contributed by atoms with Crippen molar-refractivity contribution in [3.63, 3.8) is 0 Å². The van der Waals surface area contributed by atoms with E-state index in [4.69, 9.17) is 4.42 Å². The van der Waals surface area contributed by atoms with Gasteiger partial charge in [0.2, 0.25) is 0 Å². The minimum Gasteiger partial charge on any atom is -0.507 e. The van der Waals surface area contributed by atoms with E-state index >= 15 is 0 Å². The number of hydrogen-bond donors (Lipinski definition) is 3. The summed E-state index contributed by atoms with van der Waals surface area (Å²) in [6, 6.07) is 17.5. The molecule has 2 aromatic heterocycles. The summed E-state index contributed by atoms with van der Waals surface area (Å²) in [7, 11) is -0.857. The molecule has 226 valence electrons. The number of aromatic hydroxyl groups is 1. The van der Waals surface area contributed by atoms with E-state index in [1.54, 1.807) is 61.7 Å². The van der Waals surface area contributed by atoms with Crippen LogP contribution in [-0.4, -0.2) is 63.4 Å². The molecular weight excluding hydrogens is 576 g/mol.